The minimum atomic E-state index is -1.57. The minimum Gasteiger partial charge on any atom is -0.399 e. The number of allylic oxidation sites excluding steroid dienone is 2. The molecule has 1 aliphatic heterocycles. The number of fused-ring (bicyclic) bond motifs is 1. The van der Waals surface area contributed by atoms with Crippen LogP contribution in [0.3, 0.4) is 0 Å². The van der Waals surface area contributed by atoms with E-state index in [1.807, 2.05) is 12.1 Å². The van der Waals surface area contributed by atoms with E-state index in [0.29, 0.717) is 10.9 Å². The Balaban J connectivity index is 2.30. The van der Waals surface area contributed by atoms with E-state index in [9.17, 15) is 15.8 Å². The first-order valence-corrected chi connectivity index (χ1v) is 9.12. The highest BCUT2D eigenvalue weighted by molar-refractivity contribution is 7.16. The molecule has 1 aliphatic carbocycles. The molecule has 2 aliphatic rings. The lowest BCUT2D eigenvalue weighted by Gasteiger charge is -2.44. The molecule has 25 heavy (non-hydrogen) atoms. The van der Waals surface area contributed by atoms with Crippen LogP contribution < -0.4 is 5.73 Å². The van der Waals surface area contributed by atoms with Crippen molar-refractivity contribution in [3.63, 3.8) is 0 Å². The molecule has 7 heteroatoms. The molecule has 3 rings (SSSR count). The molecule has 0 spiro atoms. The zero-order valence-corrected chi connectivity index (χ0v) is 15.2. The highest BCUT2D eigenvalue weighted by atomic mass is 35.5. The summed E-state index contributed by atoms with van der Waals surface area (Å²) < 4.78 is 0.599. The molecule has 0 saturated heterocycles. The fourth-order valence-electron chi connectivity index (χ4n) is 3.80. The fraction of sp³-hybridized carbons (Fsp3) is 0.389. The van der Waals surface area contributed by atoms with Gasteiger partial charge in [0.1, 0.15) is 6.07 Å². The Hall–Kier alpha value is -2.30. The van der Waals surface area contributed by atoms with Crippen molar-refractivity contribution in [3.05, 3.63) is 44.3 Å². The number of hydrogen-bond acceptors (Lipinski definition) is 6. The molecular formula is C18H16ClN5S. The smallest absolute Gasteiger partial charge is 0.192 e. The summed E-state index contributed by atoms with van der Waals surface area (Å²) in [6.07, 6.45) is 2.00. The number of thiophene rings is 1. The molecule has 1 aromatic heterocycles. The van der Waals surface area contributed by atoms with Crippen LogP contribution in [0, 0.1) is 45.3 Å². The second-order valence-corrected chi connectivity index (χ2v) is 7.92. The third-order valence-corrected chi connectivity index (χ3v) is 6.40. The van der Waals surface area contributed by atoms with E-state index in [1.54, 1.807) is 6.07 Å². The number of hydrogen-bond donors (Lipinski definition) is 1. The molecule has 5 nitrogen and oxygen atoms in total. The maximum atomic E-state index is 9.92. The topological polar surface area (TPSA) is 101 Å². The standard InChI is InChI=1S/C18H16ClN5S/c1-2-24-6-5-11-12(7-20)17(23)18(9-21,10-22)16(13(11)8-24)14-3-4-15(19)25-14/h3-5,13,16H,2,6,8,23H2,1H3/t13-,16+/m0/s1. The average molecular weight is 370 g/mol. The quantitative estimate of drug-likeness (QED) is 0.862. The highest BCUT2D eigenvalue weighted by Crippen LogP contribution is 2.55. The van der Waals surface area contributed by atoms with E-state index in [2.05, 4.69) is 30.0 Å². The van der Waals surface area contributed by atoms with Gasteiger partial charge in [-0.2, -0.15) is 15.8 Å². The molecule has 1 aromatic rings. The van der Waals surface area contributed by atoms with Gasteiger partial charge in [0.15, 0.2) is 5.41 Å². The Bertz CT molecular complexity index is 878. The summed E-state index contributed by atoms with van der Waals surface area (Å²) in [6.45, 7) is 4.32. The molecule has 0 amide bonds. The van der Waals surface area contributed by atoms with Gasteiger partial charge in [0, 0.05) is 29.8 Å². The summed E-state index contributed by atoms with van der Waals surface area (Å²) in [6, 6.07) is 10.0. The summed E-state index contributed by atoms with van der Waals surface area (Å²) in [5, 5.41) is 29.5. The SMILES string of the molecule is CCN1CC=C2C(C#N)=C(N)C(C#N)(C#N)[C@@H](c3ccc(Cl)s3)[C@H]2C1. The third kappa shape index (κ3) is 2.53. The van der Waals surface area contributed by atoms with Crippen molar-refractivity contribution in [3.8, 4) is 18.2 Å². The van der Waals surface area contributed by atoms with Crippen molar-refractivity contribution in [1.29, 1.82) is 15.8 Å². The molecule has 126 valence electrons. The van der Waals surface area contributed by atoms with Crippen molar-refractivity contribution >= 4 is 22.9 Å². The maximum absolute atomic E-state index is 9.92. The van der Waals surface area contributed by atoms with Gasteiger partial charge in [-0.3, -0.25) is 4.90 Å². The maximum Gasteiger partial charge on any atom is 0.192 e. The van der Waals surface area contributed by atoms with Gasteiger partial charge >= 0.3 is 0 Å². The molecule has 0 aromatic carbocycles. The first kappa shape index (κ1) is 17.5. The van der Waals surface area contributed by atoms with Crippen LogP contribution in [0.1, 0.15) is 17.7 Å². The van der Waals surface area contributed by atoms with Crippen LogP contribution in [0.15, 0.2) is 35.1 Å². The van der Waals surface area contributed by atoms with E-state index in [1.165, 1.54) is 11.3 Å². The molecule has 0 fully saturated rings. The van der Waals surface area contributed by atoms with Crippen LogP contribution in [0.2, 0.25) is 4.34 Å². The molecule has 0 bridgehead atoms. The molecule has 0 radical (unpaired) electrons. The number of nitrogens with zero attached hydrogens (tertiary/aromatic N) is 4. The minimum absolute atomic E-state index is 0.0574. The van der Waals surface area contributed by atoms with E-state index >= 15 is 0 Å². The van der Waals surface area contributed by atoms with Crippen molar-refractivity contribution < 1.29 is 0 Å². The summed E-state index contributed by atoms with van der Waals surface area (Å²) in [5.74, 6) is -0.595. The number of halogens is 1. The highest BCUT2D eigenvalue weighted by Gasteiger charge is 2.54. The van der Waals surface area contributed by atoms with Crippen LogP contribution in [0.25, 0.3) is 0 Å². The van der Waals surface area contributed by atoms with Crippen molar-refractivity contribution in [2.45, 2.75) is 12.8 Å². The van der Waals surface area contributed by atoms with Crippen LogP contribution in [-0.2, 0) is 0 Å². The van der Waals surface area contributed by atoms with Crippen LogP contribution in [0.5, 0.6) is 0 Å². The zero-order valence-electron chi connectivity index (χ0n) is 13.7. The van der Waals surface area contributed by atoms with Crippen LogP contribution in [-0.4, -0.2) is 24.5 Å². The first-order valence-electron chi connectivity index (χ1n) is 7.93. The summed E-state index contributed by atoms with van der Waals surface area (Å²) in [5.41, 5.74) is 5.84. The largest absolute Gasteiger partial charge is 0.399 e. The normalized spacial score (nSPS) is 25.3. The number of nitrogens with two attached hydrogens (primary N) is 1. The number of nitriles is 3. The molecule has 2 N–H and O–H groups in total. The van der Waals surface area contributed by atoms with Crippen LogP contribution >= 0.6 is 22.9 Å². The molecule has 2 atom stereocenters. The van der Waals surface area contributed by atoms with Crippen molar-refractivity contribution in [1.82, 2.24) is 4.90 Å². The Morgan fingerprint density at radius 2 is 2.08 bits per heavy atom. The Kier molecular flexibility index (Phi) is 4.58. The average Bonchev–Trinajstić information content (AvgIpc) is 3.06. The fourth-order valence-corrected chi connectivity index (χ4v) is 5.09. The first-order chi connectivity index (χ1) is 12.0. The molecule has 2 heterocycles. The van der Waals surface area contributed by atoms with Gasteiger partial charge in [-0.05, 0) is 24.3 Å². The van der Waals surface area contributed by atoms with E-state index in [0.717, 1.165) is 23.5 Å². The summed E-state index contributed by atoms with van der Waals surface area (Å²) in [4.78, 5) is 3.08. The van der Waals surface area contributed by atoms with Crippen LogP contribution in [0.4, 0.5) is 0 Å². The lowest BCUT2D eigenvalue weighted by atomic mass is 9.59. The van der Waals surface area contributed by atoms with Gasteiger partial charge in [0.05, 0.1) is 27.7 Å². The summed E-state index contributed by atoms with van der Waals surface area (Å²) >= 11 is 7.47. The molecule has 0 saturated carbocycles. The Labute approximate surface area is 155 Å². The lowest BCUT2D eigenvalue weighted by molar-refractivity contribution is 0.216. The lowest BCUT2D eigenvalue weighted by Crippen LogP contribution is -2.47. The van der Waals surface area contributed by atoms with E-state index < -0.39 is 11.3 Å². The van der Waals surface area contributed by atoms with Crippen molar-refractivity contribution in [2.75, 3.05) is 19.6 Å². The van der Waals surface area contributed by atoms with Crippen molar-refractivity contribution in [2.24, 2.45) is 17.1 Å². The van der Waals surface area contributed by atoms with Gasteiger partial charge in [-0.1, -0.05) is 24.6 Å². The Morgan fingerprint density at radius 3 is 2.60 bits per heavy atom. The number of rotatable bonds is 2. The summed E-state index contributed by atoms with van der Waals surface area (Å²) in [7, 11) is 0. The third-order valence-electron chi connectivity index (χ3n) is 5.09. The van der Waals surface area contributed by atoms with E-state index in [-0.39, 0.29) is 17.2 Å². The second-order valence-electron chi connectivity index (χ2n) is 6.17. The van der Waals surface area contributed by atoms with Gasteiger partial charge < -0.3 is 5.73 Å². The second kappa shape index (κ2) is 6.54. The van der Waals surface area contributed by atoms with Gasteiger partial charge in [0.25, 0.3) is 0 Å². The Morgan fingerprint density at radius 1 is 1.36 bits per heavy atom. The monoisotopic (exact) mass is 369 g/mol. The van der Waals surface area contributed by atoms with E-state index in [4.69, 9.17) is 17.3 Å². The molecular weight excluding hydrogens is 354 g/mol. The zero-order chi connectivity index (χ0) is 18.2. The number of likely N-dealkylation sites (N-methyl/N-ethyl adjacent to an activating group) is 1. The van der Waals surface area contributed by atoms with Gasteiger partial charge in [0.2, 0.25) is 0 Å². The van der Waals surface area contributed by atoms with Gasteiger partial charge in [-0.15, -0.1) is 11.3 Å². The predicted octanol–water partition coefficient (Wildman–Crippen LogP) is 3.15. The predicted molar refractivity (Wildman–Crippen MR) is 96.2 cm³/mol. The van der Waals surface area contributed by atoms with Gasteiger partial charge in [-0.25, -0.2) is 0 Å². The molecule has 0 unspecified atom stereocenters.